The van der Waals surface area contributed by atoms with Gasteiger partial charge in [0, 0.05) is 25.3 Å². The van der Waals surface area contributed by atoms with Gasteiger partial charge in [-0.1, -0.05) is 12.1 Å². The molecule has 2 rings (SSSR count). The molecule has 1 aromatic carbocycles. The van der Waals surface area contributed by atoms with E-state index in [4.69, 9.17) is 5.11 Å². The Labute approximate surface area is 140 Å². The maximum atomic E-state index is 11.7. The molecule has 0 radical (unpaired) electrons. The number of hydrogen-bond donors (Lipinski definition) is 3. The molecule has 0 unspecified atom stereocenters. The van der Waals surface area contributed by atoms with Crippen LogP contribution in [0, 0.1) is 13.8 Å². The van der Waals surface area contributed by atoms with Gasteiger partial charge in [-0.15, -0.1) is 0 Å². The van der Waals surface area contributed by atoms with Crippen LogP contribution in [-0.4, -0.2) is 33.4 Å². The number of nitrogens with one attached hydrogen (secondary N) is 2. The van der Waals surface area contributed by atoms with E-state index < -0.39 is 5.97 Å². The van der Waals surface area contributed by atoms with Gasteiger partial charge in [0.25, 0.3) is 0 Å². The van der Waals surface area contributed by atoms with Gasteiger partial charge in [0.2, 0.25) is 0 Å². The molecular formula is C17H22N4O3. The van der Waals surface area contributed by atoms with Crippen molar-refractivity contribution in [1.82, 2.24) is 20.4 Å². The van der Waals surface area contributed by atoms with Crippen LogP contribution in [0.2, 0.25) is 0 Å². The molecule has 24 heavy (non-hydrogen) atoms. The molecule has 0 atom stereocenters. The lowest BCUT2D eigenvalue weighted by Crippen LogP contribution is -2.35. The molecule has 2 aromatic rings. The number of carboxylic acids is 1. The second-order valence-electron chi connectivity index (χ2n) is 5.62. The SMILES string of the molecule is Cc1cc(C)n(CCCNC(=O)NCc2ccc(C(=O)O)cc2)n1. The van der Waals surface area contributed by atoms with E-state index in [1.807, 2.05) is 24.6 Å². The van der Waals surface area contributed by atoms with Crippen LogP contribution in [0.4, 0.5) is 4.79 Å². The Morgan fingerprint density at radius 2 is 1.88 bits per heavy atom. The highest BCUT2D eigenvalue weighted by Gasteiger charge is 2.04. The molecule has 0 fully saturated rings. The Kier molecular flexibility index (Phi) is 5.95. The van der Waals surface area contributed by atoms with E-state index in [0.29, 0.717) is 13.1 Å². The molecule has 0 bridgehead atoms. The molecule has 1 aromatic heterocycles. The Bertz CT molecular complexity index is 707. The van der Waals surface area contributed by atoms with Gasteiger partial charge in [0.1, 0.15) is 0 Å². The number of carbonyl (C=O) groups excluding carboxylic acids is 1. The minimum Gasteiger partial charge on any atom is -0.478 e. The molecule has 3 N–H and O–H groups in total. The van der Waals surface area contributed by atoms with Crippen molar-refractivity contribution in [2.24, 2.45) is 0 Å². The predicted molar refractivity (Wildman–Crippen MR) is 90.0 cm³/mol. The average molecular weight is 330 g/mol. The van der Waals surface area contributed by atoms with Gasteiger partial charge in [-0.25, -0.2) is 9.59 Å². The lowest BCUT2D eigenvalue weighted by atomic mass is 10.1. The minimum atomic E-state index is -0.963. The van der Waals surface area contributed by atoms with E-state index in [-0.39, 0.29) is 11.6 Å². The Morgan fingerprint density at radius 3 is 2.46 bits per heavy atom. The van der Waals surface area contributed by atoms with Gasteiger partial charge in [-0.2, -0.15) is 5.10 Å². The third kappa shape index (κ3) is 5.12. The van der Waals surface area contributed by atoms with Crippen LogP contribution >= 0.6 is 0 Å². The van der Waals surface area contributed by atoms with Crippen molar-refractivity contribution in [2.75, 3.05) is 6.54 Å². The number of aryl methyl sites for hydroxylation is 3. The zero-order chi connectivity index (χ0) is 17.5. The van der Waals surface area contributed by atoms with Crippen molar-refractivity contribution in [3.63, 3.8) is 0 Å². The third-order valence-electron chi connectivity index (χ3n) is 3.59. The first-order chi connectivity index (χ1) is 11.5. The maximum absolute atomic E-state index is 11.7. The van der Waals surface area contributed by atoms with Crippen molar-refractivity contribution in [2.45, 2.75) is 33.4 Å². The van der Waals surface area contributed by atoms with Crippen molar-refractivity contribution < 1.29 is 14.7 Å². The Hall–Kier alpha value is -2.83. The molecule has 0 aliphatic rings. The largest absolute Gasteiger partial charge is 0.478 e. The number of carbonyl (C=O) groups is 2. The first-order valence-corrected chi connectivity index (χ1v) is 7.80. The van der Waals surface area contributed by atoms with Crippen LogP contribution in [-0.2, 0) is 13.1 Å². The van der Waals surface area contributed by atoms with Crippen molar-refractivity contribution in [1.29, 1.82) is 0 Å². The summed E-state index contributed by atoms with van der Waals surface area (Å²) >= 11 is 0. The van der Waals surface area contributed by atoms with Crippen LogP contribution in [0.1, 0.15) is 33.7 Å². The molecule has 7 heteroatoms. The average Bonchev–Trinajstić information content (AvgIpc) is 2.87. The number of carboxylic acid groups (broad SMARTS) is 1. The molecule has 0 saturated carbocycles. The lowest BCUT2D eigenvalue weighted by molar-refractivity contribution is 0.0697. The van der Waals surface area contributed by atoms with E-state index in [2.05, 4.69) is 15.7 Å². The fourth-order valence-corrected chi connectivity index (χ4v) is 2.34. The van der Waals surface area contributed by atoms with Gasteiger partial charge < -0.3 is 15.7 Å². The van der Waals surface area contributed by atoms with E-state index in [0.717, 1.165) is 29.9 Å². The summed E-state index contributed by atoms with van der Waals surface area (Å²) in [6, 6.07) is 8.19. The summed E-state index contributed by atoms with van der Waals surface area (Å²) in [6.45, 7) is 5.63. The Morgan fingerprint density at radius 1 is 1.17 bits per heavy atom. The smallest absolute Gasteiger partial charge is 0.335 e. The summed E-state index contributed by atoms with van der Waals surface area (Å²) in [4.78, 5) is 22.5. The summed E-state index contributed by atoms with van der Waals surface area (Å²) in [7, 11) is 0. The first kappa shape index (κ1) is 17.5. The van der Waals surface area contributed by atoms with E-state index >= 15 is 0 Å². The quantitative estimate of drug-likeness (QED) is 0.677. The maximum Gasteiger partial charge on any atom is 0.335 e. The standard InChI is InChI=1S/C17H22N4O3/c1-12-10-13(2)21(20-12)9-3-8-18-17(24)19-11-14-4-6-15(7-5-14)16(22)23/h4-7,10H,3,8-9,11H2,1-2H3,(H,22,23)(H2,18,19,24). The number of benzene rings is 1. The van der Waals surface area contributed by atoms with E-state index in [9.17, 15) is 9.59 Å². The lowest BCUT2D eigenvalue weighted by Gasteiger charge is -2.08. The molecule has 0 saturated heterocycles. The van der Waals surface area contributed by atoms with Gasteiger partial charge in [-0.3, -0.25) is 4.68 Å². The molecular weight excluding hydrogens is 308 g/mol. The summed E-state index contributed by atoms with van der Waals surface area (Å²) in [5, 5.41) is 18.7. The molecule has 0 spiro atoms. The van der Waals surface area contributed by atoms with Crippen molar-refractivity contribution in [3.05, 3.63) is 52.8 Å². The monoisotopic (exact) mass is 330 g/mol. The molecule has 7 nitrogen and oxygen atoms in total. The summed E-state index contributed by atoms with van der Waals surface area (Å²) in [6.07, 6.45) is 0.794. The topological polar surface area (TPSA) is 96.2 Å². The fourth-order valence-electron chi connectivity index (χ4n) is 2.34. The van der Waals surface area contributed by atoms with E-state index in [1.54, 1.807) is 12.1 Å². The van der Waals surface area contributed by atoms with Gasteiger partial charge in [-0.05, 0) is 44.0 Å². The molecule has 0 aliphatic carbocycles. The van der Waals surface area contributed by atoms with Crippen molar-refractivity contribution >= 4 is 12.0 Å². The molecule has 0 aliphatic heterocycles. The van der Waals surface area contributed by atoms with Crippen LogP contribution in [0.25, 0.3) is 0 Å². The molecule has 1 heterocycles. The Balaban J connectivity index is 1.66. The fraction of sp³-hybridized carbons (Fsp3) is 0.353. The third-order valence-corrected chi connectivity index (χ3v) is 3.59. The van der Waals surface area contributed by atoms with Gasteiger partial charge in [0.15, 0.2) is 0 Å². The molecule has 2 amide bonds. The first-order valence-electron chi connectivity index (χ1n) is 7.80. The predicted octanol–water partition coefficient (Wildman–Crippen LogP) is 2.09. The number of nitrogens with zero attached hydrogens (tertiary/aromatic N) is 2. The normalized spacial score (nSPS) is 10.4. The zero-order valence-corrected chi connectivity index (χ0v) is 13.9. The molecule has 128 valence electrons. The number of amides is 2. The number of hydrogen-bond acceptors (Lipinski definition) is 3. The van der Waals surface area contributed by atoms with Crippen LogP contribution in [0.5, 0.6) is 0 Å². The minimum absolute atomic E-state index is 0.229. The van der Waals surface area contributed by atoms with Crippen molar-refractivity contribution in [3.8, 4) is 0 Å². The number of urea groups is 1. The summed E-state index contributed by atoms with van der Waals surface area (Å²) in [5.74, 6) is -0.963. The summed E-state index contributed by atoms with van der Waals surface area (Å²) in [5.41, 5.74) is 3.18. The van der Waals surface area contributed by atoms with Crippen LogP contribution < -0.4 is 10.6 Å². The number of aromatic carboxylic acids is 1. The number of aromatic nitrogens is 2. The summed E-state index contributed by atoms with van der Waals surface area (Å²) < 4.78 is 1.93. The second kappa shape index (κ2) is 8.14. The van der Waals surface area contributed by atoms with Crippen LogP contribution in [0.3, 0.4) is 0 Å². The van der Waals surface area contributed by atoms with Gasteiger partial charge >= 0.3 is 12.0 Å². The zero-order valence-electron chi connectivity index (χ0n) is 13.9. The second-order valence-corrected chi connectivity index (χ2v) is 5.62. The highest BCUT2D eigenvalue weighted by atomic mass is 16.4. The van der Waals surface area contributed by atoms with Gasteiger partial charge in [0.05, 0.1) is 11.3 Å². The van der Waals surface area contributed by atoms with E-state index in [1.165, 1.54) is 12.1 Å². The highest BCUT2D eigenvalue weighted by molar-refractivity contribution is 5.87. The van der Waals surface area contributed by atoms with Crippen LogP contribution in [0.15, 0.2) is 30.3 Å². The number of rotatable bonds is 7. The highest BCUT2D eigenvalue weighted by Crippen LogP contribution is 2.04.